The highest BCUT2D eigenvalue weighted by Crippen LogP contribution is 2.33. The molecule has 4 aromatic rings. The second-order valence-electron chi connectivity index (χ2n) is 7.22. The van der Waals surface area contributed by atoms with E-state index in [4.69, 9.17) is 4.52 Å². The van der Waals surface area contributed by atoms with Gasteiger partial charge in [-0.25, -0.2) is 0 Å². The third-order valence-corrected chi connectivity index (χ3v) is 5.42. The van der Waals surface area contributed by atoms with Crippen molar-refractivity contribution in [2.24, 2.45) is 0 Å². The predicted octanol–water partition coefficient (Wildman–Crippen LogP) is 5.74. The zero-order valence-corrected chi connectivity index (χ0v) is 15.3. The lowest BCUT2D eigenvalue weighted by molar-refractivity contribution is 0.431. The molecule has 0 saturated carbocycles. The lowest BCUT2D eigenvalue weighted by Crippen LogP contribution is -2.10. The largest absolute Gasteiger partial charge is 0.354 e. The normalized spacial score (nSPS) is 13.5. The van der Waals surface area contributed by atoms with Crippen LogP contribution in [0.1, 0.15) is 29.7 Å². The van der Waals surface area contributed by atoms with E-state index in [-0.39, 0.29) is 0 Å². The van der Waals surface area contributed by atoms with Crippen LogP contribution >= 0.6 is 0 Å². The first-order valence-electron chi connectivity index (χ1n) is 9.66. The number of nitrogens with zero attached hydrogens (tertiary/aromatic N) is 2. The standard InChI is InChI=1S/C24H22N2O/c1-3-9-18(10-4-1)17-26-22-14-8-7-13-20(22)15-23(26)24-16-21(25-27-24)19-11-5-2-6-12-19/h1-6,9-12,15-16H,7-8,13-14,17H2. The van der Waals surface area contributed by atoms with E-state index in [0.717, 1.165) is 42.1 Å². The summed E-state index contributed by atoms with van der Waals surface area (Å²) in [4.78, 5) is 0. The van der Waals surface area contributed by atoms with Crippen LogP contribution in [-0.4, -0.2) is 9.72 Å². The minimum absolute atomic E-state index is 0.846. The van der Waals surface area contributed by atoms with Gasteiger partial charge in [0.15, 0.2) is 5.76 Å². The van der Waals surface area contributed by atoms with Crippen LogP contribution < -0.4 is 0 Å². The Morgan fingerprint density at radius 3 is 2.41 bits per heavy atom. The zero-order valence-electron chi connectivity index (χ0n) is 15.3. The van der Waals surface area contributed by atoms with Gasteiger partial charge in [-0.2, -0.15) is 0 Å². The third kappa shape index (κ3) is 3.10. The van der Waals surface area contributed by atoms with E-state index in [2.05, 4.69) is 64.3 Å². The van der Waals surface area contributed by atoms with E-state index >= 15 is 0 Å². The topological polar surface area (TPSA) is 31.0 Å². The van der Waals surface area contributed by atoms with Crippen molar-refractivity contribution in [2.45, 2.75) is 32.2 Å². The second kappa shape index (κ2) is 6.92. The van der Waals surface area contributed by atoms with Gasteiger partial charge in [-0.1, -0.05) is 65.8 Å². The van der Waals surface area contributed by atoms with E-state index in [9.17, 15) is 0 Å². The van der Waals surface area contributed by atoms with Crippen molar-refractivity contribution in [3.05, 3.63) is 89.6 Å². The zero-order chi connectivity index (χ0) is 18.1. The third-order valence-electron chi connectivity index (χ3n) is 5.42. The van der Waals surface area contributed by atoms with Crippen LogP contribution in [-0.2, 0) is 19.4 Å². The predicted molar refractivity (Wildman–Crippen MR) is 108 cm³/mol. The summed E-state index contributed by atoms with van der Waals surface area (Å²) < 4.78 is 8.22. The van der Waals surface area contributed by atoms with E-state index < -0.39 is 0 Å². The van der Waals surface area contributed by atoms with Crippen LogP contribution in [0.5, 0.6) is 0 Å². The first kappa shape index (κ1) is 16.1. The fourth-order valence-corrected chi connectivity index (χ4v) is 4.06. The molecule has 5 rings (SSSR count). The minimum atomic E-state index is 0.846. The molecule has 134 valence electrons. The van der Waals surface area contributed by atoms with Crippen molar-refractivity contribution in [1.29, 1.82) is 0 Å². The highest BCUT2D eigenvalue weighted by Gasteiger charge is 2.21. The Labute approximate surface area is 159 Å². The molecule has 0 fully saturated rings. The molecule has 0 atom stereocenters. The number of benzene rings is 2. The van der Waals surface area contributed by atoms with Crippen LogP contribution in [0.15, 0.2) is 77.3 Å². The van der Waals surface area contributed by atoms with E-state index in [1.165, 1.54) is 29.7 Å². The summed E-state index contributed by atoms with van der Waals surface area (Å²) >= 11 is 0. The van der Waals surface area contributed by atoms with Crippen molar-refractivity contribution in [1.82, 2.24) is 9.72 Å². The Hall–Kier alpha value is -3.07. The quantitative estimate of drug-likeness (QED) is 0.468. The summed E-state index contributed by atoms with van der Waals surface area (Å²) in [7, 11) is 0. The van der Waals surface area contributed by atoms with Gasteiger partial charge in [0.05, 0.1) is 5.69 Å². The molecule has 0 aliphatic heterocycles. The summed E-state index contributed by atoms with van der Waals surface area (Å²) in [6.45, 7) is 0.868. The average Bonchev–Trinajstić information content (AvgIpc) is 3.35. The number of fused-ring (bicyclic) bond motifs is 1. The molecule has 0 saturated heterocycles. The van der Waals surface area contributed by atoms with Gasteiger partial charge in [0.25, 0.3) is 0 Å². The van der Waals surface area contributed by atoms with E-state index in [0.29, 0.717) is 0 Å². The molecule has 0 unspecified atom stereocenters. The Morgan fingerprint density at radius 1 is 0.852 bits per heavy atom. The molecule has 27 heavy (non-hydrogen) atoms. The highest BCUT2D eigenvalue weighted by atomic mass is 16.5. The Bertz CT molecular complexity index is 1040. The maximum Gasteiger partial charge on any atom is 0.183 e. The smallest absolute Gasteiger partial charge is 0.183 e. The molecule has 0 spiro atoms. The molecule has 0 amide bonds. The number of rotatable bonds is 4. The highest BCUT2D eigenvalue weighted by molar-refractivity contribution is 5.66. The Balaban J connectivity index is 1.58. The SMILES string of the molecule is c1ccc(Cn2c(-c3cc(-c4ccccc4)no3)cc3c2CCCC3)cc1. The van der Waals surface area contributed by atoms with Gasteiger partial charge in [0.2, 0.25) is 0 Å². The summed E-state index contributed by atoms with van der Waals surface area (Å²) in [5, 5.41) is 4.33. The van der Waals surface area contributed by atoms with Crippen LogP contribution in [0.2, 0.25) is 0 Å². The number of hydrogen-bond donors (Lipinski definition) is 0. The summed E-state index contributed by atoms with van der Waals surface area (Å²) in [5.41, 5.74) is 7.34. The van der Waals surface area contributed by atoms with Gasteiger partial charge >= 0.3 is 0 Å². The molecule has 3 nitrogen and oxygen atoms in total. The number of aromatic nitrogens is 2. The molecule has 2 heterocycles. The van der Waals surface area contributed by atoms with Crippen molar-refractivity contribution >= 4 is 0 Å². The summed E-state index contributed by atoms with van der Waals surface area (Å²) in [6, 6.07) is 25.2. The lowest BCUT2D eigenvalue weighted by atomic mass is 9.98. The Kier molecular flexibility index (Phi) is 4.13. The summed E-state index contributed by atoms with van der Waals surface area (Å²) in [5.74, 6) is 0.846. The Morgan fingerprint density at radius 2 is 1.59 bits per heavy atom. The molecule has 0 bridgehead atoms. The summed E-state index contributed by atoms with van der Waals surface area (Å²) in [6.07, 6.45) is 4.83. The maximum absolute atomic E-state index is 5.79. The van der Waals surface area contributed by atoms with Gasteiger partial charge in [-0.3, -0.25) is 0 Å². The number of aryl methyl sites for hydroxylation is 1. The average molecular weight is 354 g/mol. The van der Waals surface area contributed by atoms with Crippen molar-refractivity contribution in [3.63, 3.8) is 0 Å². The van der Waals surface area contributed by atoms with Gasteiger partial charge in [0.1, 0.15) is 5.69 Å². The molecule has 2 aromatic heterocycles. The molecule has 1 aliphatic carbocycles. The van der Waals surface area contributed by atoms with E-state index in [1.54, 1.807) is 0 Å². The van der Waals surface area contributed by atoms with Crippen LogP contribution in [0.3, 0.4) is 0 Å². The van der Waals surface area contributed by atoms with Crippen LogP contribution in [0.4, 0.5) is 0 Å². The first-order chi connectivity index (χ1) is 13.4. The van der Waals surface area contributed by atoms with Crippen molar-refractivity contribution in [2.75, 3.05) is 0 Å². The fourth-order valence-electron chi connectivity index (χ4n) is 4.06. The maximum atomic E-state index is 5.79. The second-order valence-corrected chi connectivity index (χ2v) is 7.22. The minimum Gasteiger partial charge on any atom is -0.354 e. The molecule has 1 aliphatic rings. The molecule has 0 radical (unpaired) electrons. The first-order valence-corrected chi connectivity index (χ1v) is 9.66. The lowest BCUT2D eigenvalue weighted by Gasteiger charge is -2.16. The van der Waals surface area contributed by atoms with Crippen LogP contribution in [0, 0.1) is 0 Å². The van der Waals surface area contributed by atoms with Gasteiger partial charge in [0, 0.05) is 23.9 Å². The van der Waals surface area contributed by atoms with Crippen LogP contribution in [0.25, 0.3) is 22.7 Å². The van der Waals surface area contributed by atoms with Crippen molar-refractivity contribution < 1.29 is 4.52 Å². The molecule has 0 N–H and O–H groups in total. The molecular weight excluding hydrogens is 332 g/mol. The van der Waals surface area contributed by atoms with E-state index in [1.807, 2.05) is 18.2 Å². The number of hydrogen-bond acceptors (Lipinski definition) is 2. The van der Waals surface area contributed by atoms with Gasteiger partial charge in [-0.15, -0.1) is 0 Å². The fraction of sp³-hybridized carbons (Fsp3) is 0.208. The monoisotopic (exact) mass is 354 g/mol. The molecular formula is C24H22N2O. The van der Waals surface area contributed by atoms with Gasteiger partial charge in [-0.05, 0) is 42.9 Å². The van der Waals surface area contributed by atoms with Gasteiger partial charge < -0.3 is 9.09 Å². The van der Waals surface area contributed by atoms with Crippen molar-refractivity contribution in [3.8, 4) is 22.7 Å². The molecule has 2 aromatic carbocycles. The molecule has 3 heteroatoms.